The van der Waals surface area contributed by atoms with E-state index >= 15 is 0 Å². The number of thiophene rings is 1. The molecule has 27 heavy (non-hydrogen) atoms. The fourth-order valence-corrected chi connectivity index (χ4v) is 4.58. The maximum Gasteiger partial charge on any atom is 0.225 e. The zero-order valence-corrected chi connectivity index (χ0v) is 17.4. The first-order valence-electron chi connectivity index (χ1n) is 9.39. The van der Waals surface area contributed by atoms with Gasteiger partial charge in [-0.3, -0.25) is 0 Å². The standard InChI is InChI=1S/C19H24N6S2/c1-15-4-3-5-18(16(15)2)25-19(26)24(20-21-25)14-23-9-7-22(8-10-23)12-17-6-11-27-13-17/h3-6,11,13H,7-10,12,14H2,1-2H3/p+2. The molecule has 1 aliphatic heterocycles. The first kappa shape index (κ1) is 18.5. The molecule has 6 nitrogen and oxygen atoms in total. The molecule has 2 aromatic heterocycles. The van der Waals surface area contributed by atoms with Crippen LogP contribution in [-0.2, 0) is 13.2 Å². The van der Waals surface area contributed by atoms with Gasteiger partial charge in [-0.05, 0) is 70.5 Å². The van der Waals surface area contributed by atoms with Crippen LogP contribution in [0.4, 0.5) is 0 Å². The highest BCUT2D eigenvalue weighted by Crippen LogP contribution is 2.16. The van der Waals surface area contributed by atoms with Crippen LogP contribution in [-0.4, -0.2) is 46.0 Å². The summed E-state index contributed by atoms with van der Waals surface area (Å²) in [6, 6.07) is 8.44. The van der Waals surface area contributed by atoms with E-state index in [1.807, 2.05) is 10.7 Å². The summed E-state index contributed by atoms with van der Waals surface area (Å²) in [5.74, 6) is 0. The van der Waals surface area contributed by atoms with Gasteiger partial charge in [-0.25, -0.2) is 0 Å². The van der Waals surface area contributed by atoms with E-state index in [1.54, 1.807) is 20.9 Å². The zero-order valence-electron chi connectivity index (χ0n) is 15.8. The van der Waals surface area contributed by atoms with Crippen molar-refractivity contribution in [3.8, 4) is 5.69 Å². The molecule has 1 aromatic carbocycles. The average molecular weight is 403 g/mol. The van der Waals surface area contributed by atoms with Crippen molar-refractivity contribution in [2.24, 2.45) is 0 Å². The topological polar surface area (TPSA) is 44.5 Å². The molecule has 0 amide bonds. The van der Waals surface area contributed by atoms with Gasteiger partial charge in [0.2, 0.25) is 4.77 Å². The van der Waals surface area contributed by atoms with Gasteiger partial charge >= 0.3 is 0 Å². The summed E-state index contributed by atoms with van der Waals surface area (Å²) < 4.78 is 4.33. The minimum absolute atomic E-state index is 0.671. The van der Waals surface area contributed by atoms with E-state index in [0.717, 1.165) is 32.0 Å². The van der Waals surface area contributed by atoms with E-state index in [9.17, 15) is 0 Å². The van der Waals surface area contributed by atoms with Crippen molar-refractivity contribution in [1.82, 2.24) is 19.8 Å². The molecule has 2 N–H and O–H groups in total. The third kappa shape index (κ3) is 4.03. The monoisotopic (exact) mass is 402 g/mol. The van der Waals surface area contributed by atoms with Crippen LogP contribution < -0.4 is 9.80 Å². The number of tetrazole rings is 1. The molecular weight excluding hydrogens is 376 g/mol. The van der Waals surface area contributed by atoms with Crippen LogP contribution in [0.25, 0.3) is 5.69 Å². The number of hydrogen-bond acceptors (Lipinski definition) is 4. The summed E-state index contributed by atoms with van der Waals surface area (Å²) in [7, 11) is 0. The van der Waals surface area contributed by atoms with Gasteiger partial charge in [-0.2, -0.15) is 20.7 Å². The minimum Gasteiger partial charge on any atom is -0.322 e. The smallest absolute Gasteiger partial charge is 0.225 e. The summed E-state index contributed by atoms with van der Waals surface area (Å²) in [5.41, 5.74) is 4.90. The predicted molar refractivity (Wildman–Crippen MR) is 109 cm³/mol. The summed E-state index contributed by atoms with van der Waals surface area (Å²) >= 11 is 7.45. The number of aryl methyl sites for hydroxylation is 1. The van der Waals surface area contributed by atoms with E-state index in [4.69, 9.17) is 12.2 Å². The molecule has 1 aliphatic rings. The van der Waals surface area contributed by atoms with Gasteiger partial charge in [0, 0.05) is 5.56 Å². The Morgan fingerprint density at radius 2 is 1.85 bits per heavy atom. The first-order chi connectivity index (χ1) is 13.1. The number of rotatable bonds is 5. The van der Waals surface area contributed by atoms with E-state index in [2.05, 4.69) is 53.2 Å². The van der Waals surface area contributed by atoms with Crippen molar-refractivity contribution >= 4 is 23.6 Å². The summed E-state index contributed by atoms with van der Waals surface area (Å²) in [5, 5.41) is 13.1. The lowest BCUT2D eigenvalue weighted by Gasteiger charge is -2.29. The Labute approximate surface area is 168 Å². The second-order valence-electron chi connectivity index (χ2n) is 7.36. The lowest BCUT2D eigenvalue weighted by atomic mass is 10.1. The number of nitrogens with one attached hydrogen (secondary N) is 2. The van der Waals surface area contributed by atoms with E-state index < -0.39 is 0 Å². The van der Waals surface area contributed by atoms with Crippen molar-refractivity contribution in [1.29, 1.82) is 0 Å². The zero-order chi connectivity index (χ0) is 18.8. The van der Waals surface area contributed by atoms with Gasteiger partial charge in [0.25, 0.3) is 0 Å². The van der Waals surface area contributed by atoms with E-state index in [-0.39, 0.29) is 0 Å². The molecule has 0 atom stereocenters. The quantitative estimate of drug-likeness (QED) is 0.608. The number of benzene rings is 1. The Morgan fingerprint density at radius 3 is 2.59 bits per heavy atom. The Kier molecular flexibility index (Phi) is 5.49. The molecule has 3 heterocycles. The third-order valence-electron chi connectivity index (χ3n) is 5.52. The normalized spacial score (nSPS) is 20.1. The molecule has 0 aliphatic carbocycles. The number of piperazine rings is 1. The molecule has 4 rings (SSSR count). The molecule has 8 heteroatoms. The summed E-state index contributed by atoms with van der Waals surface area (Å²) in [6.07, 6.45) is 0. The number of aromatic nitrogens is 4. The molecule has 142 valence electrons. The molecule has 0 bridgehead atoms. The molecule has 1 saturated heterocycles. The summed E-state index contributed by atoms with van der Waals surface area (Å²) in [6.45, 7) is 10.8. The van der Waals surface area contributed by atoms with Gasteiger partial charge in [0.05, 0.1) is 5.69 Å². The van der Waals surface area contributed by atoms with Crippen LogP contribution in [0.3, 0.4) is 0 Å². The summed E-state index contributed by atoms with van der Waals surface area (Å²) in [4.78, 5) is 3.19. The maximum absolute atomic E-state index is 5.66. The molecule has 0 saturated carbocycles. The second kappa shape index (κ2) is 8.02. The molecular formula is C19H26N6S2+2. The van der Waals surface area contributed by atoms with Gasteiger partial charge in [-0.15, -0.1) is 0 Å². The SMILES string of the molecule is Cc1cccc(-n2nnn(C[NH+]3CC[NH+](Cc4ccsc4)CC3)c2=S)c1C. The molecule has 3 aromatic rings. The maximum atomic E-state index is 5.66. The highest BCUT2D eigenvalue weighted by atomic mass is 32.1. The number of nitrogens with zero attached hydrogens (tertiary/aromatic N) is 4. The van der Waals surface area contributed by atoms with Crippen LogP contribution >= 0.6 is 23.6 Å². The largest absolute Gasteiger partial charge is 0.322 e. The van der Waals surface area contributed by atoms with Gasteiger partial charge in [0.15, 0.2) is 6.67 Å². The van der Waals surface area contributed by atoms with Crippen molar-refractivity contribution in [2.45, 2.75) is 27.1 Å². The third-order valence-corrected chi connectivity index (χ3v) is 6.63. The van der Waals surface area contributed by atoms with Crippen LogP contribution in [0.2, 0.25) is 0 Å². The Morgan fingerprint density at radius 1 is 1.07 bits per heavy atom. The van der Waals surface area contributed by atoms with Gasteiger partial charge in [0.1, 0.15) is 32.7 Å². The second-order valence-corrected chi connectivity index (χ2v) is 8.50. The lowest BCUT2D eigenvalue weighted by molar-refractivity contribution is -1.03. The van der Waals surface area contributed by atoms with Crippen molar-refractivity contribution in [2.75, 3.05) is 26.2 Å². The Bertz CT molecular complexity index is 951. The fourth-order valence-electron chi connectivity index (χ4n) is 3.68. The molecule has 1 fully saturated rings. The lowest BCUT2D eigenvalue weighted by Crippen LogP contribution is -3.27. The number of quaternary nitrogens is 2. The van der Waals surface area contributed by atoms with Crippen molar-refractivity contribution < 1.29 is 9.80 Å². The van der Waals surface area contributed by atoms with Crippen LogP contribution in [0.15, 0.2) is 35.0 Å². The molecule has 0 spiro atoms. The first-order valence-corrected chi connectivity index (χ1v) is 10.7. The van der Waals surface area contributed by atoms with E-state index in [1.165, 1.54) is 34.7 Å². The van der Waals surface area contributed by atoms with Crippen molar-refractivity contribution in [3.05, 3.63) is 56.5 Å². The highest BCUT2D eigenvalue weighted by Gasteiger charge is 2.24. The number of hydrogen-bond donors (Lipinski definition) is 2. The van der Waals surface area contributed by atoms with E-state index in [0.29, 0.717) is 4.77 Å². The highest BCUT2D eigenvalue weighted by molar-refractivity contribution is 7.71. The van der Waals surface area contributed by atoms with Crippen LogP contribution in [0.1, 0.15) is 16.7 Å². The van der Waals surface area contributed by atoms with Crippen molar-refractivity contribution in [3.63, 3.8) is 0 Å². The predicted octanol–water partition coefficient (Wildman–Crippen LogP) is 0.418. The van der Waals surface area contributed by atoms with Crippen LogP contribution in [0.5, 0.6) is 0 Å². The Balaban J connectivity index is 1.40. The molecule has 0 radical (unpaired) electrons. The average Bonchev–Trinajstić information content (AvgIpc) is 3.30. The Hall–Kier alpha value is -1.87. The van der Waals surface area contributed by atoms with Gasteiger partial charge < -0.3 is 9.80 Å². The fraction of sp³-hybridized carbons (Fsp3) is 0.421. The van der Waals surface area contributed by atoms with Crippen LogP contribution in [0, 0.1) is 18.6 Å². The molecule has 0 unspecified atom stereocenters. The van der Waals surface area contributed by atoms with Gasteiger partial charge in [-0.1, -0.05) is 12.1 Å². The minimum atomic E-state index is 0.671.